The maximum Gasteiger partial charge on any atom is 0.257 e. The van der Waals surface area contributed by atoms with Gasteiger partial charge in [0.1, 0.15) is 0 Å². The van der Waals surface area contributed by atoms with Gasteiger partial charge in [0, 0.05) is 36.9 Å². The van der Waals surface area contributed by atoms with Gasteiger partial charge in [-0.2, -0.15) is 10.2 Å². The number of aromatic nitrogens is 4. The van der Waals surface area contributed by atoms with E-state index in [2.05, 4.69) is 15.3 Å². The molecule has 23 heavy (non-hydrogen) atoms. The summed E-state index contributed by atoms with van der Waals surface area (Å²) < 4.78 is 1.77. The van der Waals surface area contributed by atoms with E-state index >= 15 is 0 Å². The Hall–Kier alpha value is -2.15. The molecular weight excluding hydrogens is 294 g/mol. The van der Waals surface area contributed by atoms with Crippen LogP contribution in [0.2, 0.25) is 0 Å². The fourth-order valence-electron chi connectivity index (χ4n) is 2.98. The molecule has 124 valence electrons. The van der Waals surface area contributed by atoms with Crippen molar-refractivity contribution in [2.75, 3.05) is 13.1 Å². The van der Waals surface area contributed by atoms with Crippen LogP contribution in [0.1, 0.15) is 41.6 Å². The predicted molar refractivity (Wildman–Crippen MR) is 85.0 cm³/mol. The molecular formula is C16H23N5O2. The molecule has 0 bridgehead atoms. The summed E-state index contributed by atoms with van der Waals surface area (Å²) in [6, 6.07) is 2.19. The van der Waals surface area contributed by atoms with Crippen LogP contribution in [-0.2, 0) is 6.42 Å². The van der Waals surface area contributed by atoms with Crippen LogP contribution in [0.3, 0.4) is 0 Å². The van der Waals surface area contributed by atoms with Gasteiger partial charge in [-0.3, -0.25) is 14.6 Å². The second kappa shape index (κ2) is 6.16. The third kappa shape index (κ3) is 3.29. The summed E-state index contributed by atoms with van der Waals surface area (Å²) in [6.45, 7) is 6.88. The van der Waals surface area contributed by atoms with Crippen LogP contribution in [0.25, 0.3) is 0 Å². The zero-order chi connectivity index (χ0) is 16.6. The van der Waals surface area contributed by atoms with E-state index in [9.17, 15) is 9.90 Å². The Bertz CT molecular complexity index is 690. The molecule has 3 rings (SSSR count). The van der Waals surface area contributed by atoms with Gasteiger partial charge in [-0.15, -0.1) is 0 Å². The van der Waals surface area contributed by atoms with Crippen molar-refractivity contribution >= 4 is 5.91 Å². The smallest absolute Gasteiger partial charge is 0.257 e. The Morgan fingerprint density at radius 3 is 2.87 bits per heavy atom. The lowest BCUT2D eigenvalue weighted by atomic mass is 10.0. The maximum absolute atomic E-state index is 12.6. The highest BCUT2D eigenvalue weighted by atomic mass is 16.3. The lowest BCUT2D eigenvalue weighted by molar-refractivity contribution is 0.0764. The number of hydrogen-bond acceptors (Lipinski definition) is 4. The monoisotopic (exact) mass is 317 g/mol. The molecule has 1 saturated heterocycles. The van der Waals surface area contributed by atoms with E-state index in [1.54, 1.807) is 22.0 Å². The SMILES string of the molecule is Cc1cc(C[C@@H]2CN(C(=O)c3cnn(C(C)C)c3)C[C@@H]2O)n[nH]1. The largest absolute Gasteiger partial charge is 0.391 e. The maximum atomic E-state index is 12.6. The molecule has 1 aliphatic rings. The van der Waals surface area contributed by atoms with Gasteiger partial charge in [-0.1, -0.05) is 0 Å². The first kappa shape index (κ1) is 15.7. The van der Waals surface area contributed by atoms with E-state index in [4.69, 9.17) is 0 Å². The minimum Gasteiger partial charge on any atom is -0.391 e. The van der Waals surface area contributed by atoms with Gasteiger partial charge in [-0.25, -0.2) is 0 Å². The van der Waals surface area contributed by atoms with Crippen molar-refractivity contribution < 1.29 is 9.90 Å². The number of carbonyl (C=O) groups excluding carboxylic acids is 1. The highest BCUT2D eigenvalue weighted by Gasteiger charge is 2.35. The summed E-state index contributed by atoms with van der Waals surface area (Å²) in [5.41, 5.74) is 2.50. The van der Waals surface area contributed by atoms with Crippen molar-refractivity contribution in [1.82, 2.24) is 24.9 Å². The van der Waals surface area contributed by atoms with Gasteiger partial charge < -0.3 is 10.0 Å². The van der Waals surface area contributed by atoms with E-state index in [0.717, 1.165) is 11.4 Å². The number of nitrogens with one attached hydrogen (secondary N) is 1. The predicted octanol–water partition coefficient (Wildman–Crippen LogP) is 1.17. The molecule has 7 heteroatoms. The van der Waals surface area contributed by atoms with E-state index < -0.39 is 6.10 Å². The number of rotatable bonds is 4. The number of amides is 1. The highest BCUT2D eigenvalue weighted by Crippen LogP contribution is 2.23. The molecule has 7 nitrogen and oxygen atoms in total. The summed E-state index contributed by atoms with van der Waals surface area (Å²) in [5, 5.41) is 21.6. The average molecular weight is 317 g/mol. The standard InChI is InChI=1S/C16H23N5O2/c1-10(2)21-8-13(6-17-21)16(23)20-7-12(15(22)9-20)5-14-4-11(3)18-19-14/h4,6,8,10,12,15,22H,5,7,9H2,1-3H3,(H,18,19)/t12-,15+/m1/s1. The van der Waals surface area contributed by atoms with Crippen molar-refractivity contribution in [1.29, 1.82) is 0 Å². The number of hydrogen-bond donors (Lipinski definition) is 2. The van der Waals surface area contributed by atoms with Crippen LogP contribution < -0.4 is 0 Å². The fourth-order valence-corrected chi connectivity index (χ4v) is 2.98. The van der Waals surface area contributed by atoms with Crippen LogP contribution in [0.5, 0.6) is 0 Å². The zero-order valence-electron chi connectivity index (χ0n) is 13.7. The number of carbonyl (C=O) groups is 1. The number of aliphatic hydroxyl groups is 1. The molecule has 0 saturated carbocycles. The molecule has 1 fully saturated rings. The Morgan fingerprint density at radius 1 is 1.48 bits per heavy atom. The van der Waals surface area contributed by atoms with Gasteiger partial charge in [-0.05, 0) is 33.3 Å². The molecule has 0 aliphatic carbocycles. The minimum absolute atomic E-state index is 0.0155. The summed E-state index contributed by atoms with van der Waals surface area (Å²) in [6.07, 6.45) is 3.51. The lowest BCUT2D eigenvalue weighted by Crippen LogP contribution is -2.29. The van der Waals surface area contributed by atoms with Crippen LogP contribution in [0.15, 0.2) is 18.5 Å². The molecule has 2 aromatic heterocycles. The van der Waals surface area contributed by atoms with E-state index in [-0.39, 0.29) is 17.9 Å². The number of nitrogens with zero attached hydrogens (tertiary/aromatic N) is 4. The van der Waals surface area contributed by atoms with Crippen molar-refractivity contribution in [2.45, 2.75) is 39.3 Å². The van der Waals surface area contributed by atoms with Crippen LogP contribution in [0, 0.1) is 12.8 Å². The number of aryl methyl sites for hydroxylation is 1. The molecule has 0 aromatic carbocycles. The molecule has 2 aromatic rings. The third-order valence-corrected chi connectivity index (χ3v) is 4.30. The van der Waals surface area contributed by atoms with Crippen molar-refractivity contribution in [3.63, 3.8) is 0 Å². The average Bonchev–Trinajstić information content (AvgIpc) is 3.20. The number of aliphatic hydroxyl groups excluding tert-OH is 1. The van der Waals surface area contributed by atoms with Crippen molar-refractivity contribution in [3.8, 4) is 0 Å². The van der Waals surface area contributed by atoms with Gasteiger partial charge >= 0.3 is 0 Å². The normalized spacial score (nSPS) is 21.3. The third-order valence-electron chi connectivity index (χ3n) is 4.30. The minimum atomic E-state index is -0.518. The quantitative estimate of drug-likeness (QED) is 0.886. The Labute approximate surface area is 135 Å². The van der Waals surface area contributed by atoms with Crippen LogP contribution >= 0.6 is 0 Å². The van der Waals surface area contributed by atoms with Gasteiger partial charge in [0.2, 0.25) is 0 Å². The first-order valence-electron chi connectivity index (χ1n) is 7.96. The summed E-state index contributed by atoms with van der Waals surface area (Å²) in [7, 11) is 0. The molecule has 3 heterocycles. The van der Waals surface area contributed by atoms with Crippen LogP contribution in [-0.4, -0.2) is 55.1 Å². The summed E-state index contributed by atoms with van der Waals surface area (Å²) in [4.78, 5) is 14.3. The number of β-amino-alcohol motifs (C(OH)–C–C–N with tert-alkyl or cyclic N) is 1. The van der Waals surface area contributed by atoms with Gasteiger partial charge in [0.05, 0.1) is 23.6 Å². The van der Waals surface area contributed by atoms with E-state index in [1.165, 1.54) is 0 Å². The van der Waals surface area contributed by atoms with Gasteiger partial charge in [0.25, 0.3) is 5.91 Å². The summed E-state index contributed by atoms with van der Waals surface area (Å²) >= 11 is 0. The number of H-pyrrole nitrogens is 1. The van der Waals surface area contributed by atoms with Crippen molar-refractivity contribution in [2.24, 2.45) is 5.92 Å². The second-order valence-corrected chi connectivity index (χ2v) is 6.59. The Morgan fingerprint density at radius 2 is 2.26 bits per heavy atom. The van der Waals surface area contributed by atoms with Gasteiger partial charge in [0.15, 0.2) is 0 Å². The van der Waals surface area contributed by atoms with E-state index in [0.29, 0.717) is 25.1 Å². The fraction of sp³-hybridized carbons (Fsp3) is 0.562. The topological polar surface area (TPSA) is 87.0 Å². The lowest BCUT2D eigenvalue weighted by Gasteiger charge is -2.14. The molecule has 0 radical (unpaired) electrons. The van der Waals surface area contributed by atoms with Crippen LogP contribution in [0.4, 0.5) is 0 Å². The molecule has 2 N–H and O–H groups in total. The molecule has 0 unspecified atom stereocenters. The van der Waals surface area contributed by atoms with E-state index in [1.807, 2.05) is 26.8 Å². The molecule has 1 amide bonds. The highest BCUT2D eigenvalue weighted by molar-refractivity contribution is 5.94. The second-order valence-electron chi connectivity index (χ2n) is 6.59. The molecule has 1 aliphatic heterocycles. The first-order chi connectivity index (χ1) is 10.9. The van der Waals surface area contributed by atoms with Crippen molar-refractivity contribution in [3.05, 3.63) is 35.4 Å². The molecule has 2 atom stereocenters. The molecule has 0 spiro atoms. The summed E-state index contributed by atoms with van der Waals surface area (Å²) in [5.74, 6) is -0.0570. The first-order valence-corrected chi connectivity index (χ1v) is 7.96. The Kier molecular flexibility index (Phi) is 4.21. The zero-order valence-corrected chi connectivity index (χ0v) is 13.7. The number of aromatic amines is 1. The number of likely N-dealkylation sites (tertiary alicyclic amines) is 1. The Balaban J connectivity index is 1.66.